The van der Waals surface area contributed by atoms with Crippen LogP contribution < -0.4 is 21.3 Å². The number of para-hydroxylation sites is 1. The van der Waals surface area contributed by atoms with Crippen LogP contribution in [-0.2, 0) is 5.41 Å². The molecule has 0 radical (unpaired) electrons. The van der Waals surface area contributed by atoms with Crippen molar-refractivity contribution in [1.29, 1.82) is 0 Å². The molecular formula is C34H23BN4. The molecule has 5 heterocycles. The summed E-state index contributed by atoms with van der Waals surface area (Å²) in [4.78, 5) is 17.3. The molecule has 6 aromatic rings. The van der Waals surface area contributed by atoms with E-state index in [1.54, 1.807) is 0 Å². The fourth-order valence-corrected chi connectivity index (χ4v) is 6.72. The van der Waals surface area contributed by atoms with Gasteiger partial charge in [0.2, 0.25) is 6.71 Å². The molecule has 0 N–H and O–H groups in total. The van der Waals surface area contributed by atoms with E-state index < -0.39 is 5.41 Å². The summed E-state index contributed by atoms with van der Waals surface area (Å²) in [5, 5.41) is 0. The van der Waals surface area contributed by atoms with E-state index in [-0.39, 0.29) is 6.71 Å². The minimum atomic E-state index is -0.718. The van der Waals surface area contributed by atoms with Gasteiger partial charge in [0.05, 0.1) is 22.8 Å². The van der Waals surface area contributed by atoms with E-state index in [1.807, 2.05) is 43.0 Å². The predicted molar refractivity (Wildman–Crippen MR) is 157 cm³/mol. The van der Waals surface area contributed by atoms with Crippen LogP contribution in [0.4, 0.5) is 17.1 Å². The number of pyridine rings is 3. The standard InChI is InChI=1S/C34H23BN4/c1-3-11-24(12-4-1)35-28-16-8-7-15-26(28)34(27-23-36-22-19-29(27)35)32-30(17-9-20-37-32)39(25-13-5-2-6-14-25)31-18-10-21-38-33(31)34/h1-23H. The van der Waals surface area contributed by atoms with E-state index in [9.17, 15) is 0 Å². The Bertz CT molecular complexity index is 1600. The Kier molecular flexibility index (Phi) is 4.80. The van der Waals surface area contributed by atoms with Crippen LogP contribution in [0.1, 0.15) is 22.5 Å². The number of benzene rings is 3. The van der Waals surface area contributed by atoms with E-state index in [0.29, 0.717) is 0 Å². The third kappa shape index (κ3) is 2.98. The zero-order valence-corrected chi connectivity index (χ0v) is 21.1. The van der Waals surface area contributed by atoms with E-state index in [0.717, 1.165) is 34.0 Å². The molecule has 2 aliphatic rings. The Morgan fingerprint density at radius 3 is 1.87 bits per heavy atom. The summed E-state index contributed by atoms with van der Waals surface area (Å²) in [7, 11) is 0. The lowest BCUT2D eigenvalue weighted by atomic mass is 9.31. The monoisotopic (exact) mass is 498 g/mol. The Morgan fingerprint density at radius 1 is 0.538 bits per heavy atom. The van der Waals surface area contributed by atoms with E-state index in [2.05, 4.69) is 102 Å². The molecular weight excluding hydrogens is 475 g/mol. The van der Waals surface area contributed by atoms with E-state index in [4.69, 9.17) is 15.0 Å². The molecule has 0 bridgehead atoms. The van der Waals surface area contributed by atoms with Gasteiger partial charge in [-0.25, -0.2) is 0 Å². The number of anilines is 3. The van der Waals surface area contributed by atoms with Crippen LogP contribution in [0.2, 0.25) is 0 Å². The molecule has 3 aromatic carbocycles. The molecule has 0 atom stereocenters. The molecule has 4 nitrogen and oxygen atoms in total. The van der Waals surface area contributed by atoms with Gasteiger partial charge in [-0.2, -0.15) is 0 Å². The van der Waals surface area contributed by atoms with Gasteiger partial charge >= 0.3 is 0 Å². The van der Waals surface area contributed by atoms with Crippen molar-refractivity contribution in [2.75, 3.05) is 4.90 Å². The van der Waals surface area contributed by atoms with Gasteiger partial charge in [-0.1, -0.05) is 89.2 Å². The zero-order chi connectivity index (χ0) is 25.8. The predicted octanol–water partition coefficient (Wildman–Crippen LogP) is 4.87. The number of hydrogen-bond donors (Lipinski definition) is 0. The van der Waals surface area contributed by atoms with Gasteiger partial charge in [-0.3, -0.25) is 15.0 Å². The van der Waals surface area contributed by atoms with Crippen molar-refractivity contribution in [2.24, 2.45) is 0 Å². The van der Waals surface area contributed by atoms with Crippen LogP contribution in [0.15, 0.2) is 140 Å². The quantitative estimate of drug-likeness (QED) is 0.319. The summed E-state index contributed by atoms with van der Waals surface area (Å²) >= 11 is 0. The zero-order valence-electron chi connectivity index (χ0n) is 21.1. The number of fused-ring (bicyclic) bond motifs is 8. The molecule has 0 unspecified atom stereocenters. The fourth-order valence-electron chi connectivity index (χ4n) is 6.72. The second-order valence-electron chi connectivity index (χ2n) is 10.1. The summed E-state index contributed by atoms with van der Waals surface area (Å²) in [6, 6.07) is 40.6. The molecule has 3 aromatic heterocycles. The Hall–Kier alpha value is -5.03. The minimum Gasteiger partial charge on any atom is -0.307 e. The first-order valence-electron chi connectivity index (χ1n) is 13.2. The molecule has 0 fully saturated rings. The second kappa shape index (κ2) is 8.50. The number of aromatic nitrogens is 3. The van der Waals surface area contributed by atoms with Gasteiger partial charge < -0.3 is 4.90 Å². The van der Waals surface area contributed by atoms with Gasteiger partial charge in [0.1, 0.15) is 5.41 Å². The normalized spacial score (nSPS) is 14.3. The summed E-state index contributed by atoms with van der Waals surface area (Å²) < 4.78 is 0. The summed E-state index contributed by atoms with van der Waals surface area (Å²) in [6.45, 7) is 0.0810. The molecule has 0 aliphatic carbocycles. The Labute approximate surface area is 227 Å². The van der Waals surface area contributed by atoms with Crippen molar-refractivity contribution in [3.63, 3.8) is 0 Å². The second-order valence-corrected chi connectivity index (χ2v) is 10.1. The third-order valence-electron chi connectivity index (χ3n) is 8.16. The Balaban J connectivity index is 1.53. The molecule has 5 heteroatoms. The van der Waals surface area contributed by atoms with Crippen molar-refractivity contribution in [2.45, 2.75) is 5.41 Å². The lowest BCUT2D eigenvalue weighted by Crippen LogP contribution is -2.62. The smallest absolute Gasteiger partial charge is 0.242 e. The SMILES string of the molecule is c1ccc(B2c3ccccc3C3(c4cnccc42)c2ncccc2N(c2ccccc2)c2cccnc23)cc1. The molecule has 2 aliphatic heterocycles. The first-order valence-corrected chi connectivity index (χ1v) is 13.2. The average Bonchev–Trinajstić information content (AvgIpc) is 3.02. The number of nitrogens with zero attached hydrogens (tertiary/aromatic N) is 4. The lowest BCUT2D eigenvalue weighted by Gasteiger charge is -2.48. The van der Waals surface area contributed by atoms with Crippen molar-refractivity contribution in [3.8, 4) is 0 Å². The maximum atomic E-state index is 5.16. The number of hydrogen-bond acceptors (Lipinski definition) is 4. The van der Waals surface area contributed by atoms with Crippen molar-refractivity contribution < 1.29 is 0 Å². The lowest BCUT2D eigenvalue weighted by molar-refractivity contribution is 0.676. The van der Waals surface area contributed by atoms with Gasteiger partial charge in [-0.05, 0) is 53.6 Å². The highest BCUT2D eigenvalue weighted by atomic mass is 15.2. The molecule has 0 amide bonds. The van der Waals surface area contributed by atoms with Crippen LogP contribution in [0.25, 0.3) is 0 Å². The topological polar surface area (TPSA) is 41.9 Å². The van der Waals surface area contributed by atoms with Crippen molar-refractivity contribution in [3.05, 3.63) is 163 Å². The molecule has 8 rings (SSSR count). The van der Waals surface area contributed by atoms with Crippen LogP contribution in [0.5, 0.6) is 0 Å². The van der Waals surface area contributed by atoms with Crippen LogP contribution in [-0.4, -0.2) is 21.7 Å². The highest BCUT2D eigenvalue weighted by Gasteiger charge is 2.54. The van der Waals surface area contributed by atoms with Crippen molar-refractivity contribution >= 4 is 40.2 Å². The van der Waals surface area contributed by atoms with Crippen LogP contribution in [0.3, 0.4) is 0 Å². The molecule has 0 saturated carbocycles. The van der Waals surface area contributed by atoms with Gasteiger partial charge in [0.15, 0.2) is 0 Å². The van der Waals surface area contributed by atoms with E-state index in [1.165, 1.54) is 22.0 Å². The Morgan fingerprint density at radius 2 is 1.15 bits per heavy atom. The van der Waals surface area contributed by atoms with Gasteiger partial charge in [0.25, 0.3) is 0 Å². The summed E-state index contributed by atoms with van der Waals surface area (Å²) in [5.74, 6) is 0. The minimum absolute atomic E-state index is 0.0810. The molecule has 1 spiro atoms. The van der Waals surface area contributed by atoms with E-state index >= 15 is 0 Å². The molecule has 0 saturated heterocycles. The van der Waals surface area contributed by atoms with Gasteiger partial charge in [-0.15, -0.1) is 0 Å². The van der Waals surface area contributed by atoms with Crippen molar-refractivity contribution in [1.82, 2.24) is 15.0 Å². The largest absolute Gasteiger partial charge is 0.307 e. The third-order valence-corrected chi connectivity index (χ3v) is 8.16. The highest BCUT2D eigenvalue weighted by molar-refractivity contribution is 6.96. The van der Waals surface area contributed by atoms with Crippen LogP contribution >= 0.6 is 0 Å². The maximum absolute atomic E-state index is 5.16. The van der Waals surface area contributed by atoms with Gasteiger partial charge in [0, 0.05) is 30.5 Å². The summed E-state index contributed by atoms with van der Waals surface area (Å²) in [6.07, 6.45) is 7.75. The number of rotatable bonds is 2. The molecule has 182 valence electrons. The first kappa shape index (κ1) is 22.0. The maximum Gasteiger partial charge on any atom is 0.242 e. The molecule has 39 heavy (non-hydrogen) atoms. The highest BCUT2D eigenvalue weighted by Crippen LogP contribution is 2.56. The fraction of sp³-hybridized carbons (Fsp3) is 0.0294. The first-order chi connectivity index (χ1) is 19.4. The van der Waals surface area contributed by atoms with Crippen LogP contribution in [0, 0.1) is 0 Å². The average molecular weight is 498 g/mol. The summed E-state index contributed by atoms with van der Waals surface area (Å²) in [5.41, 5.74) is 10.5.